The van der Waals surface area contributed by atoms with E-state index in [-0.39, 0.29) is 0 Å². The quantitative estimate of drug-likeness (QED) is 0.725. The predicted molar refractivity (Wildman–Crippen MR) is 45.0 cm³/mol. The second-order valence-corrected chi connectivity index (χ2v) is 4.08. The van der Waals surface area contributed by atoms with Crippen molar-refractivity contribution < 1.29 is 71.1 Å². The standard InChI is InChI=1S/C8HF14NO2/c9-3(10,5(13,14)7(17,18)19)1(24)23-2(25)4(11,12)6(15,16)8(20,21)22/h(H,23,24,25). The fourth-order valence-electron chi connectivity index (χ4n) is 0.901. The molecule has 0 heterocycles. The van der Waals surface area contributed by atoms with Gasteiger partial charge in [0.1, 0.15) is 0 Å². The molecule has 0 aromatic rings. The van der Waals surface area contributed by atoms with Gasteiger partial charge in [-0.2, -0.15) is 61.5 Å². The van der Waals surface area contributed by atoms with E-state index in [0.29, 0.717) is 0 Å². The number of imide groups is 1. The van der Waals surface area contributed by atoms with Crippen LogP contribution in [0.2, 0.25) is 0 Å². The van der Waals surface area contributed by atoms with Gasteiger partial charge in [-0.15, -0.1) is 0 Å². The van der Waals surface area contributed by atoms with Crippen LogP contribution in [0.5, 0.6) is 0 Å². The minimum Gasteiger partial charge on any atom is -0.285 e. The fraction of sp³-hybridized carbons (Fsp3) is 0.750. The number of amides is 2. The Bertz CT molecular complexity index is 496. The van der Waals surface area contributed by atoms with E-state index < -0.39 is 53.2 Å². The van der Waals surface area contributed by atoms with Gasteiger partial charge in [-0.25, -0.2) is 0 Å². The summed E-state index contributed by atoms with van der Waals surface area (Å²) < 4.78 is 170. The third kappa shape index (κ3) is 3.58. The van der Waals surface area contributed by atoms with E-state index in [2.05, 4.69) is 0 Å². The fourth-order valence-corrected chi connectivity index (χ4v) is 0.901. The summed E-state index contributed by atoms with van der Waals surface area (Å²) >= 11 is 0. The summed E-state index contributed by atoms with van der Waals surface area (Å²) in [7, 11) is 0. The van der Waals surface area contributed by atoms with Crippen molar-refractivity contribution in [3.8, 4) is 0 Å². The molecule has 0 saturated heterocycles. The van der Waals surface area contributed by atoms with Gasteiger partial charge in [0.2, 0.25) is 0 Å². The topological polar surface area (TPSA) is 46.2 Å². The van der Waals surface area contributed by atoms with E-state index in [1.54, 1.807) is 0 Å². The van der Waals surface area contributed by atoms with Crippen molar-refractivity contribution in [3.05, 3.63) is 0 Å². The van der Waals surface area contributed by atoms with Crippen LogP contribution in [0.25, 0.3) is 0 Å². The molecule has 1 N–H and O–H groups in total. The van der Waals surface area contributed by atoms with Crippen molar-refractivity contribution in [2.45, 2.75) is 36.0 Å². The summed E-state index contributed by atoms with van der Waals surface area (Å²) in [6.07, 6.45) is -14.3. The van der Waals surface area contributed by atoms with Gasteiger partial charge in [-0.3, -0.25) is 14.9 Å². The lowest BCUT2D eigenvalue weighted by Gasteiger charge is -2.29. The third-order valence-electron chi connectivity index (χ3n) is 2.30. The summed E-state index contributed by atoms with van der Waals surface area (Å²) in [4.78, 5) is 20.9. The lowest BCUT2D eigenvalue weighted by atomic mass is 10.1. The molecule has 0 atom stereocenters. The molecule has 0 bridgehead atoms. The van der Waals surface area contributed by atoms with E-state index in [1.807, 2.05) is 0 Å². The van der Waals surface area contributed by atoms with Crippen LogP contribution in [-0.4, -0.2) is 47.9 Å². The Hall–Kier alpha value is -1.84. The Morgan fingerprint density at radius 1 is 0.480 bits per heavy atom. The summed E-state index contributed by atoms with van der Waals surface area (Å²) in [5.74, 6) is -36.9. The molecule has 0 saturated carbocycles. The highest BCUT2D eigenvalue weighted by molar-refractivity contribution is 6.02. The summed E-state index contributed by atoms with van der Waals surface area (Å²) in [5, 5.41) is -0.721. The molecule has 0 aliphatic heterocycles. The number of carbonyl (C=O) groups excluding carboxylic acids is 2. The van der Waals surface area contributed by atoms with Crippen molar-refractivity contribution in [2.24, 2.45) is 0 Å². The number of hydrogen-bond donors (Lipinski definition) is 1. The second-order valence-electron chi connectivity index (χ2n) is 4.08. The molecule has 25 heavy (non-hydrogen) atoms. The molecule has 0 spiro atoms. The zero-order chi connectivity index (χ0) is 20.9. The highest BCUT2D eigenvalue weighted by Crippen LogP contribution is 2.48. The summed E-state index contributed by atoms with van der Waals surface area (Å²) in [5.41, 5.74) is 0. The number of alkyl halides is 14. The predicted octanol–water partition coefficient (Wildman–Crippen LogP) is 3.29. The van der Waals surface area contributed by atoms with E-state index in [9.17, 15) is 71.1 Å². The second kappa shape index (κ2) is 5.86. The molecular weight excluding hydrogens is 408 g/mol. The molecule has 0 aliphatic carbocycles. The van der Waals surface area contributed by atoms with Gasteiger partial charge < -0.3 is 0 Å². The highest BCUT2D eigenvalue weighted by atomic mass is 19.4. The maximum atomic E-state index is 12.7. The molecule has 0 radical (unpaired) electrons. The van der Waals surface area contributed by atoms with Crippen molar-refractivity contribution in [2.75, 3.05) is 0 Å². The van der Waals surface area contributed by atoms with Crippen molar-refractivity contribution in [1.29, 1.82) is 0 Å². The van der Waals surface area contributed by atoms with Crippen LogP contribution >= 0.6 is 0 Å². The molecule has 3 nitrogen and oxygen atoms in total. The number of hydrogen-bond acceptors (Lipinski definition) is 2. The lowest BCUT2D eigenvalue weighted by Crippen LogP contribution is -2.64. The summed E-state index contributed by atoms with van der Waals surface area (Å²) in [6, 6.07) is 0. The van der Waals surface area contributed by atoms with Gasteiger partial charge in [0.15, 0.2) is 0 Å². The van der Waals surface area contributed by atoms with Gasteiger partial charge in [0, 0.05) is 0 Å². The maximum Gasteiger partial charge on any atom is 0.460 e. The summed E-state index contributed by atoms with van der Waals surface area (Å²) in [6.45, 7) is 0. The molecular formula is C8HF14NO2. The molecule has 0 aromatic heterocycles. The first kappa shape index (κ1) is 23.2. The SMILES string of the molecule is O=C(NC(=O)C(F)(F)C(F)(F)C(F)(F)F)C(F)(F)C(F)(F)C(F)(F)F. The van der Waals surface area contributed by atoms with Crippen LogP contribution in [0.4, 0.5) is 61.5 Å². The van der Waals surface area contributed by atoms with Gasteiger partial charge >= 0.3 is 47.9 Å². The van der Waals surface area contributed by atoms with E-state index in [0.717, 1.165) is 0 Å². The Labute approximate surface area is 125 Å². The van der Waals surface area contributed by atoms with Crippen molar-refractivity contribution >= 4 is 11.8 Å². The molecule has 148 valence electrons. The number of carbonyl (C=O) groups is 2. The maximum absolute atomic E-state index is 12.7. The average Bonchev–Trinajstić information content (AvgIpc) is 2.34. The van der Waals surface area contributed by atoms with Crippen LogP contribution in [0.1, 0.15) is 0 Å². The smallest absolute Gasteiger partial charge is 0.285 e. The van der Waals surface area contributed by atoms with Crippen LogP contribution in [-0.2, 0) is 9.59 Å². The number of nitrogens with one attached hydrogen (secondary N) is 1. The van der Waals surface area contributed by atoms with Gasteiger partial charge in [0.25, 0.3) is 0 Å². The molecule has 0 unspecified atom stereocenters. The van der Waals surface area contributed by atoms with Crippen LogP contribution < -0.4 is 5.32 Å². The Morgan fingerprint density at radius 3 is 0.840 bits per heavy atom. The Morgan fingerprint density at radius 2 is 0.680 bits per heavy atom. The molecule has 0 aromatic carbocycles. The van der Waals surface area contributed by atoms with Crippen LogP contribution in [0.15, 0.2) is 0 Å². The zero-order valence-electron chi connectivity index (χ0n) is 10.6. The Balaban J connectivity index is 5.68. The largest absolute Gasteiger partial charge is 0.460 e. The van der Waals surface area contributed by atoms with E-state index in [4.69, 9.17) is 0 Å². The van der Waals surface area contributed by atoms with E-state index in [1.165, 1.54) is 0 Å². The first-order chi connectivity index (χ1) is 10.5. The average molecular weight is 409 g/mol. The third-order valence-corrected chi connectivity index (χ3v) is 2.30. The van der Waals surface area contributed by atoms with Crippen molar-refractivity contribution in [3.63, 3.8) is 0 Å². The first-order valence-electron chi connectivity index (χ1n) is 5.05. The molecule has 17 heteroatoms. The number of rotatable bonds is 4. The minimum absolute atomic E-state index is 0.721. The molecule has 0 fully saturated rings. The van der Waals surface area contributed by atoms with Crippen LogP contribution in [0, 0.1) is 0 Å². The van der Waals surface area contributed by atoms with Gasteiger partial charge in [-0.1, -0.05) is 0 Å². The minimum atomic E-state index is -7.27. The molecule has 2 amide bonds. The highest BCUT2D eigenvalue weighted by Gasteiger charge is 2.79. The molecule has 0 rings (SSSR count). The zero-order valence-corrected chi connectivity index (χ0v) is 10.6. The normalized spacial score (nSPS) is 15.1. The molecule has 0 aliphatic rings. The number of halogens is 14. The Kier molecular flexibility index (Phi) is 5.43. The van der Waals surface area contributed by atoms with Crippen LogP contribution in [0.3, 0.4) is 0 Å². The van der Waals surface area contributed by atoms with Gasteiger partial charge in [-0.05, 0) is 0 Å². The first-order valence-corrected chi connectivity index (χ1v) is 5.05. The monoisotopic (exact) mass is 409 g/mol. The van der Waals surface area contributed by atoms with Crippen molar-refractivity contribution in [1.82, 2.24) is 5.32 Å². The van der Waals surface area contributed by atoms with Gasteiger partial charge in [0.05, 0.1) is 0 Å². The van der Waals surface area contributed by atoms with E-state index >= 15 is 0 Å². The lowest BCUT2D eigenvalue weighted by molar-refractivity contribution is -0.346.